The van der Waals surface area contributed by atoms with Crippen molar-refractivity contribution in [3.05, 3.63) is 34.5 Å². The fourth-order valence-corrected chi connectivity index (χ4v) is 2.47. The average molecular weight is 286 g/mol. The summed E-state index contributed by atoms with van der Waals surface area (Å²) < 4.78 is 37.7. The Kier molecular flexibility index (Phi) is 3.66. The number of alkyl halides is 3. The Hall–Kier alpha value is -1.76. The lowest BCUT2D eigenvalue weighted by molar-refractivity contribution is -0.141. The minimum Gasteiger partial charge on any atom is -0.296 e. The monoisotopic (exact) mass is 286 g/mol. The van der Waals surface area contributed by atoms with E-state index in [1.165, 1.54) is 23.5 Å². The highest BCUT2D eigenvalue weighted by Crippen LogP contribution is 2.31. The van der Waals surface area contributed by atoms with E-state index in [4.69, 9.17) is 0 Å². The van der Waals surface area contributed by atoms with Gasteiger partial charge in [0.05, 0.1) is 5.69 Å². The Morgan fingerprint density at radius 1 is 1.32 bits per heavy atom. The number of hydrogen-bond acceptors (Lipinski definition) is 4. The molecule has 100 valence electrons. The fourth-order valence-electron chi connectivity index (χ4n) is 1.53. The van der Waals surface area contributed by atoms with Crippen LogP contribution in [0.15, 0.2) is 18.2 Å². The van der Waals surface area contributed by atoms with Crippen LogP contribution in [0.25, 0.3) is 10.7 Å². The van der Waals surface area contributed by atoms with E-state index in [-0.39, 0.29) is 11.4 Å². The summed E-state index contributed by atoms with van der Waals surface area (Å²) in [7, 11) is 0. The van der Waals surface area contributed by atoms with E-state index in [0.29, 0.717) is 17.7 Å². The third kappa shape index (κ3) is 2.81. The molecule has 0 aromatic carbocycles. The number of halogens is 3. The number of carbonyl (C=O) groups is 1. The highest BCUT2D eigenvalue weighted by Gasteiger charge is 2.32. The highest BCUT2D eigenvalue weighted by molar-refractivity contribution is 7.15. The third-order valence-corrected chi connectivity index (χ3v) is 3.66. The summed E-state index contributed by atoms with van der Waals surface area (Å²) in [6.07, 6.45) is -3.29. The normalized spacial score (nSPS) is 11.6. The van der Waals surface area contributed by atoms with Crippen LogP contribution in [0.3, 0.4) is 0 Å². The second kappa shape index (κ2) is 5.08. The maximum Gasteiger partial charge on any atom is 0.433 e. The van der Waals surface area contributed by atoms with Crippen molar-refractivity contribution in [3.63, 3.8) is 0 Å². The summed E-state index contributed by atoms with van der Waals surface area (Å²) in [6, 6.07) is 3.62. The molecule has 0 bridgehead atoms. The van der Waals surface area contributed by atoms with Crippen LogP contribution in [0.2, 0.25) is 0 Å². The molecule has 0 saturated carbocycles. The molecule has 0 saturated heterocycles. The van der Waals surface area contributed by atoms with Crippen LogP contribution in [0, 0.1) is 0 Å². The van der Waals surface area contributed by atoms with Gasteiger partial charge in [0.2, 0.25) is 0 Å². The number of nitrogens with zero attached hydrogens (tertiary/aromatic N) is 2. The maximum absolute atomic E-state index is 12.6. The number of rotatable bonds is 3. The lowest BCUT2D eigenvalue weighted by atomic mass is 10.3. The van der Waals surface area contributed by atoms with Crippen molar-refractivity contribution in [2.24, 2.45) is 0 Å². The molecule has 0 unspecified atom stereocenters. The Balaban J connectivity index is 2.47. The van der Waals surface area contributed by atoms with Crippen LogP contribution in [-0.2, 0) is 12.6 Å². The lowest BCUT2D eigenvalue weighted by Crippen LogP contribution is -2.07. The second-order valence-electron chi connectivity index (χ2n) is 3.70. The first-order chi connectivity index (χ1) is 8.95. The lowest BCUT2D eigenvalue weighted by Gasteiger charge is -2.05. The van der Waals surface area contributed by atoms with Gasteiger partial charge in [-0.25, -0.2) is 9.97 Å². The van der Waals surface area contributed by atoms with Crippen LogP contribution in [0.5, 0.6) is 0 Å². The summed E-state index contributed by atoms with van der Waals surface area (Å²) in [6.45, 7) is 1.85. The predicted molar refractivity (Wildman–Crippen MR) is 65.1 cm³/mol. The van der Waals surface area contributed by atoms with Crippen molar-refractivity contribution in [1.29, 1.82) is 0 Å². The highest BCUT2D eigenvalue weighted by atomic mass is 32.1. The molecule has 0 aliphatic carbocycles. The van der Waals surface area contributed by atoms with Gasteiger partial charge >= 0.3 is 6.18 Å². The van der Waals surface area contributed by atoms with Gasteiger partial charge in [0.15, 0.2) is 6.29 Å². The van der Waals surface area contributed by atoms with Crippen molar-refractivity contribution < 1.29 is 18.0 Å². The molecule has 0 aliphatic rings. The zero-order chi connectivity index (χ0) is 14.0. The van der Waals surface area contributed by atoms with Gasteiger partial charge in [-0.05, 0) is 18.6 Å². The van der Waals surface area contributed by atoms with E-state index in [1.807, 2.05) is 6.92 Å². The molecule has 2 aromatic heterocycles. The van der Waals surface area contributed by atoms with Crippen molar-refractivity contribution >= 4 is 17.6 Å². The van der Waals surface area contributed by atoms with Crippen molar-refractivity contribution in [1.82, 2.24) is 9.97 Å². The van der Waals surface area contributed by atoms with Gasteiger partial charge in [-0.1, -0.05) is 13.0 Å². The second-order valence-corrected chi connectivity index (χ2v) is 4.79. The Morgan fingerprint density at radius 2 is 2.05 bits per heavy atom. The van der Waals surface area contributed by atoms with Gasteiger partial charge < -0.3 is 0 Å². The molecule has 0 aliphatic heterocycles. The Labute approximate surface area is 111 Å². The minimum atomic E-state index is -4.49. The summed E-state index contributed by atoms with van der Waals surface area (Å²) in [5.74, 6) is 0. The molecular weight excluding hydrogens is 277 g/mol. The molecule has 0 N–H and O–H groups in total. The number of thiazole rings is 1. The molecule has 2 rings (SSSR count). The molecule has 2 heterocycles. The van der Waals surface area contributed by atoms with Gasteiger partial charge in [-0.3, -0.25) is 4.79 Å². The summed E-state index contributed by atoms with van der Waals surface area (Å²) >= 11 is 1.18. The molecule has 3 nitrogen and oxygen atoms in total. The number of aromatic nitrogens is 2. The Morgan fingerprint density at radius 3 is 2.58 bits per heavy atom. The summed E-state index contributed by atoms with van der Waals surface area (Å²) in [5.41, 5.74) is -0.574. The quantitative estimate of drug-likeness (QED) is 0.810. The van der Waals surface area contributed by atoms with Gasteiger partial charge in [0.25, 0.3) is 0 Å². The van der Waals surface area contributed by atoms with Crippen LogP contribution in [0.4, 0.5) is 13.2 Å². The third-order valence-electron chi connectivity index (χ3n) is 2.42. The van der Waals surface area contributed by atoms with Crippen LogP contribution in [-0.4, -0.2) is 16.3 Å². The first-order valence-electron chi connectivity index (χ1n) is 5.45. The van der Waals surface area contributed by atoms with E-state index >= 15 is 0 Å². The van der Waals surface area contributed by atoms with Gasteiger partial charge in [0, 0.05) is 4.88 Å². The average Bonchev–Trinajstić information content (AvgIpc) is 2.81. The van der Waals surface area contributed by atoms with E-state index in [2.05, 4.69) is 9.97 Å². The SMILES string of the molecule is CCc1sc(-c2cccc(C(F)(F)F)n2)nc1C=O. The largest absolute Gasteiger partial charge is 0.433 e. The zero-order valence-electron chi connectivity index (χ0n) is 9.86. The van der Waals surface area contributed by atoms with Crippen LogP contribution < -0.4 is 0 Å². The number of aryl methyl sites for hydroxylation is 1. The smallest absolute Gasteiger partial charge is 0.296 e. The molecule has 0 spiro atoms. The van der Waals surface area contributed by atoms with E-state index < -0.39 is 11.9 Å². The summed E-state index contributed by atoms with van der Waals surface area (Å²) in [4.78, 5) is 19.1. The fraction of sp³-hybridized carbons (Fsp3) is 0.250. The number of hydrogen-bond donors (Lipinski definition) is 0. The van der Waals surface area contributed by atoms with E-state index in [1.54, 1.807) is 0 Å². The van der Waals surface area contributed by atoms with Gasteiger partial charge in [-0.2, -0.15) is 13.2 Å². The van der Waals surface area contributed by atoms with Crippen molar-refractivity contribution in [2.45, 2.75) is 19.5 Å². The molecule has 7 heteroatoms. The molecule has 19 heavy (non-hydrogen) atoms. The first kappa shape index (κ1) is 13.7. The summed E-state index contributed by atoms with van der Waals surface area (Å²) in [5, 5.41) is 0.324. The van der Waals surface area contributed by atoms with Gasteiger partial charge in [0.1, 0.15) is 16.4 Å². The molecule has 0 amide bonds. The van der Waals surface area contributed by atoms with Crippen molar-refractivity contribution in [2.75, 3.05) is 0 Å². The topological polar surface area (TPSA) is 42.9 Å². The first-order valence-corrected chi connectivity index (χ1v) is 6.27. The van der Waals surface area contributed by atoms with E-state index in [9.17, 15) is 18.0 Å². The maximum atomic E-state index is 12.6. The molecule has 0 radical (unpaired) electrons. The molecular formula is C12H9F3N2OS. The van der Waals surface area contributed by atoms with E-state index in [0.717, 1.165) is 10.9 Å². The molecule has 0 atom stereocenters. The number of carbonyl (C=O) groups excluding carboxylic acids is 1. The van der Waals surface area contributed by atoms with Gasteiger partial charge in [-0.15, -0.1) is 11.3 Å². The number of pyridine rings is 1. The standard InChI is InChI=1S/C12H9F3N2OS/c1-2-9-8(6-18)17-11(19-9)7-4-3-5-10(16-7)12(13,14)15/h3-6H,2H2,1H3. The molecule has 0 fully saturated rings. The minimum absolute atomic E-state index is 0.127. The van der Waals surface area contributed by atoms with Crippen LogP contribution >= 0.6 is 11.3 Å². The number of aldehydes is 1. The van der Waals surface area contributed by atoms with Crippen molar-refractivity contribution in [3.8, 4) is 10.7 Å². The molecule has 2 aromatic rings. The van der Waals surface area contributed by atoms with Crippen LogP contribution in [0.1, 0.15) is 28.0 Å². The predicted octanol–water partition coefficient (Wildman–Crippen LogP) is 3.60. The Bertz CT molecular complexity index is 607. The zero-order valence-corrected chi connectivity index (χ0v) is 10.7.